The van der Waals surface area contributed by atoms with Crippen molar-refractivity contribution in [2.45, 2.75) is 39.5 Å². The van der Waals surface area contributed by atoms with Gasteiger partial charge in [-0.1, -0.05) is 30.5 Å². The summed E-state index contributed by atoms with van der Waals surface area (Å²) in [6, 6.07) is 5.60. The third-order valence-corrected chi connectivity index (χ3v) is 3.55. The molecule has 0 unspecified atom stereocenters. The average molecular weight is 338 g/mol. The van der Waals surface area contributed by atoms with Gasteiger partial charge in [0.1, 0.15) is 5.75 Å². The Morgan fingerprint density at radius 3 is 2.83 bits per heavy atom. The van der Waals surface area contributed by atoms with Crippen LogP contribution in [0.4, 0.5) is 6.01 Å². The first-order valence-electron chi connectivity index (χ1n) is 7.48. The van der Waals surface area contributed by atoms with Gasteiger partial charge in [0.25, 0.3) is 0 Å². The topological polar surface area (TPSA) is 77.2 Å². The molecular weight excluding hydrogens is 318 g/mol. The zero-order valence-electron chi connectivity index (χ0n) is 13.4. The summed E-state index contributed by atoms with van der Waals surface area (Å²) in [5.41, 5.74) is 0.958. The van der Waals surface area contributed by atoms with E-state index >= 15 is 0 Å². The van der Waals surface area contributed by atoms with Gasteiger partial charge in [0.15, 0.2) is 0 Å². The fraction of sp³-hybridized carbons (Fsp3) is 0.438. The molecule has 0 bridgehead atoms. The van der Waals surface area contributed by atoms with Crippen molar-refractivity contribution in [3.05, 3.63) is 34.7 Å². The molecule has 6 nitrogen and oxygen atoms in total. The molecule has 1 aromatic carbocycles. The molecule has 124 valence electrons. The normalized spacial score (nSPS) is 10.8. The van der Waals surface area contributed by atoms with E-state index in [4.69, 9.17) is 20.8 Å². The number of nitrogens with zero attached hydrogens (tertiary/aromatic N) is 2. The van der Waals surface area contributed by atoms with Crippen molar-refractivity contribution in [3.8, 4) is 5.75 Å². The van der Waals surface area contributed by atoms with E-state index in [1.54, 1.807) is 12.1 Å². The zero-order valence-corrected chi connectivity index (χ0v) is 14.2. The highest BCUT2D eigenvalue weighted by atomic mass is 35.5. The maximum Gasteiger partial charge on any atom is 0.322 e. The lowest BCUT2D eigenvalue weighted by Crippen LogP contribution is -2.13. The van der Waals surface area contributed by atoms with Gasteiger partial charge in [-0.25, -0.2) is 0 Å². The van der Waals surface area contributed by atoms with Gasteiger partial charge in [0.2, 0.25) is 11.8 Å². The summed E-state index contributed by atoms with van der Waals surface area (Å²) >= 11 is 5.95. The standard InChI is InChI=1S/C16H20ClN3O3/c1-10(2)15-19-20-16(23-15)18-14(21)5-4-8-22-12-6-7-13(17)11(3)9-12/h6-7,9-10H,4-5,8H2,1-3H3,(H,18,20,21). The van der Waals surface area contributed by atoms with Gasteiger partial charge in [-0.3, -0.25) is 10.1 Å². The van der Waals surface area contributed by atoms with Crippen molar-refractivity contribution >= 4 is 23.5 Å². The maximum absolute atomic E-state index is 11.8. The van der Waals surface area contributed by atoms with Crippen molar-refractivity contribution in [1.29, 1.82) is 0 Å². The van der Waals surface area contributed by atoms with Crippen LogP contribution in [0.3, 0.4) is 0 Å². The molecular formula is C16H20ClN3O3. The van der Waals surface area contributed by atoms with Gasteiger partial charge in [0.05, 0.1) is 6.61 Å². The number of aromatic nitrogens is 2. The van der Waals surface area contributed by atoms with Gasteiger partial charge in [-0.2, -0.15) is 0 Å². The van der Waals surface area contributed by atoms with E-state index in [-0.39, 0.29) is 17.8 Å². The molecule has 1 amide bonds. The van der Waals surface area contributed by atoms with Crippen LogP contribution in [0.1, 0.15) is 44.1 Å². The monoisotopic (exact) mass is 337 g/mol. The van der Waals surface area contributed by atoms with E-state index in [1.165, 1.54) is 0 Å². The average Bonchev–Trinajstić information content (AvgIpc) is 2.96. The van der Waals surface area contributed by atoms with E-state index < -0.39 is 0 Å². The highest BCUT2D eigenvalue weighted by Crippen LogP contribution is 2.21. The number of nitrogens with one attached hydrogen (secondary N) is 1. The van der Waals surface area contributed by atoms with Crippen LogP contribution in [0, 0.1) is 6.92 Å². The van der Waals surface area contributed by atoms with E-state index in [0.29, 0.717) is 30.4 Å². The molecule has 0 aliphatic rings. The van der Waals surface area contributed by atoms with E-state index in [2.05, 4.69) is 15.5 Å². The summed E-state index contributed by atoms with van der Waals surface area (Å²) in [6.45, 7) is 6.23. The maximum atomic E-state index is 11.8. The fourth-order valence-electron chi connectivity index (χ4n) is 1.83. The first kappa shape index (κ1) is 17.3. The Morgan fingerprint density at radius 1 is 1.39 bits per heavy atom. The predicted molar refractivity (Wildman–Crippen MR) is 87.9 cm³/mol. The summed E-state index contributed by atoms with van der Waals surface area (Å²) in [5, 5.41) is 10.9. The molecule has 7 heteroatoms. The Bertz CT molecular complexity index is 670. The second-order valence-electron chi connectivity index (χ2n) is 5.51. The third kappa shape index (κ3) is 5.25. The molecule has 0 aliphatic carbocycles. The van der Waals surface area contributed by atoms with Crippen molar-refractivity contribution in [1.82, 2.24) is 10.2 Å². The molecule has 2 rings (SSSR count). The molecule has 23 heavy (non-hydrogen) atoms. The van der Waals surface area contributed by atoms with Gasteiger partial charge in [-0.05, 0) is 37.1 Å². The van der Waals surface area contributed by atoms with Gasteiger partial charge >= 0.3 is 6.01 Å². The summed E-state index contributed by atoms with van der Waals surface area (Å²) in [5.74, 6) is 1.19. The zero-order chi connectivity index (χ0) is 16.8. The van der Waals surface area contributed by atoms with E-state index in [1.807, 2.05) is 26.8 Å². The number of aryl methyl sites for hydroxylation is 1. The summed E-state index contributed by atoms with van der Waals surface area (Å²) < 4.78 is 10.9. The summed E-state index contributed by atoms with van der Waals surface area (Å²) in [6.07, 6.45) is 0.893. The second kappa shape index (κ2) is 7.97. The number of anilines is 1. The fourth-order valence-corrected chi connectivity index (χ4v) is 1.95. The second-order valence-corrected chi connectivity index (χ2v) is 5.92. The minimum Gasteiger partial charge on any atom is -0.494 e. The number of ether oxygens (including phenoxy) is 1. The summed E-state index contributed by atoms with van der Waals surface area (Å²) in [4.78, 5) is 11.8. The van der Waals surface area contributed by atoms with Crippen LogP contribution in [0.5, 0.6) is 5.75 Å². The molecule has 0 saturated carbocycles. The van der Waals surface area contributed by atoms with Crippen LogP contribution >= 0.6 is 11.6 Å². The minimum atomic E-state index is -0.181. The number of carbonyl (C=O) groups is 1. The predicted octanol–water partition coefficient (Wildman–Crippen LogP) is 3.95. The smallest absolute Gasteiger partial charge is 0.322 e. The molecule has 0 radical (unpaired) electrons. The van der Waals surface area contributed by atoms with Crippen LogP contribution in [0.25, 0.3) is 0 Å². The number of benzene rings is 1. The molecule has 0 atom stereocenters. The highest BCUT2D eigenvalue weighted by Gasteiger charge is 2.11. The Balaban J connectivity index is 1.71. The summed E-state index contributed by atoms with van der Waals surface area (Å²) in [7, 11) is 0. The van der Waals surface area contributed by atoms with Crippen molar-refractivity contribution in [2.24, 2.45) is 0 Å². The Morgan fingerprint density at radius 2 is 2.17 bits per heavy atom. The van der Waals surface area contributed by atoms with E-state index in [9.17, 15) is 4.79 Å². The molecule has 1 heterocycles. The van der Waals surface area contributed by atoms with Crippen LogP contribution in [0.2, 0.25) is 5.02 Å². The van der Waals surface area contributed by atoms with Crippen LogP contribution < -0.4 is 10.1 Å². The van der Waals surface area contributed by atoms with Gasteiger partial charge in [0, 0.05) is 17.4 Å². The first-order valence-corrected chi connectivity index (χ1v) is 7.85. The molecule has 0 aliphatic heterocycles. The molecule has 0 saturated heterocycles. The molecule has 2 aromatic rings. The lowest BCUT2D eigenvalue weighted by molar-refractivity contribution is -0.116. The molecule has 0 fully saturated rings. The number of hydrogen-bond donors (Lipinski definition) is 1. The molecule has 0 spiro atoms. The lowest BCUT2D eigenvalue weighted by atomic mass is 10.2. The largest absolute Gasteiger partial charge is 0.494 e. The lowest BCUT2D eigenvalue weighted by Gasteiger charge is -2.07. The Hall–Kier alpha value is -2.08. The van der Waals surface area contributed by atoms with Crippen LogP contribution in [-0.2, 0) is 4.79 Å². The third-order valence-electron chi connectivity index (χ3n) is 3.13. The minimum absolute atomic E-state index is 0.129. The van der Waals surface area contributed by atoms with E-state index in [0.717, 1.165) is 11.3 Å². The van der Waals surface area contributed by atoms with Crippen molar-refractivity contribution in [2.75, 3.05) is 11.9 Å². The van der Waals surface area contributed by atoms with Gasteiger partial charge in [-0.15, -0.1) is 5.10 Å². The SMILES string of the molecule is Cc1cc(OCCCC(=O)Nc2nnc(C(C)C)o2)ccc1Cl. The van der Waals surface area contributed by atoms with Crippen LogP contribution in [-0.4, -0.2) is 22.7 Å². The van der Waals surface area contributed by atoms with Crippen molar-refractivity contribution < 1.29 is 13.9 Å². The number of rotatable bonds is 7. The number of amides is 1. The molecule has 1 aromatic heterocycles. The Labute approximate surface area is 140 Å². The number of halogens is 1. The first-order chi connectivity index (χ1) is 11.0. The number of hydrogen-bond acceptors (Lipinski definition) is 5. The van der Waals surface area contributed by atoms with Crippen LogP contribution in [0.15, 0.2) is 22.6 Å². The molecule has 1 N–H and O–H groups in total. The highest BCUT2D eigenvalue weighted by molar-refractivity contribution is 6.31. The quantitative estimate of drug-likeness (QED) is 0.774. The van der Waals surface area contributed by atoms with Crippen molar-refractivity contribution in [3.63, 3.8) is 0 Å². The number of carbonyl (C=O) groups excluding carboxylic acids is 1. The Kier molecular flexibility index (Phi) is 5.98. The van der Waals surface area contributed by atoms with Gasteiger partial charge < -0.3 is 9.15 Å².